The second-order valence-electron chi connectivity index (χ2n) is 9.79. The topological polar surface area (TPSA) is 105 Å². The Labute approximate surface area is 236 Å². The number of benzene rings is 3. The summed E-state index contributed by atoms with van der Waals surface area (Å²) in [4.78, 5) is 46.1. The number of carbonyl (C=O) groups is 3. The van der Waals surface area contributed by atoms with Crippen LogP contribution in [0.4, 0.5) is 0 Å². The van der Waals surface area contributed by atoms with E-state index in [9.17, 15) is 14.4 Å². The third-order valence-corrected chi connectivity index (χ3v) is 7.14. The number of rotatable bonds is 7. The molecule has 0 radical (unpaired) electrons. The fourth-order valence-corrected chi connectivity index (χ4v) is 5.14. The van der Waals surface area contributed by atoms with E-state index in [4.69, 9.17) is 23.5 Å². The summed E-state index contributed by atoms with van der Waals surface area (Å²) in [6.07, 6.45) is -2.08. The summed E-state index contributed by atoms with van der Waals surface area (Å²) in [5.41, 5.74) is 0.949. The van der Waals surface area contributed by atoms with Crippen molar-refractivity contribution >= 4 is 17.9 Å². The highest BCUT2D eigenvalue weighted by Gasteiger charge is 2.54. The van der Waals surface area contributed by atoms with Gasteiger partial charge < -0.3 is 18.6 Å². The minimum absolute atomic E-state index is 0.0343. The van der Waals surface area contributed by atoms with Crippen molar-refractivity contribution in [2.24, 2.45) is 0 Å². The van der Waals surface area contributed by atoms with Gasteiger partial charge in [-0.25, -0.2) is 14.4 Å². The number of furan rings is 1. The van der Waals surface area contributed by atoms with E-state index in [1.807, 2.05) is 6.07 Å². The Bertz CT molecular complexity index is 1480. The molecule has 0 spiro atoms. The van der Waals surface area contributed by atoms with Crippen molar-refractivity contribution in [1.82, 2.24) is 5.06 Å². The highest BCUT2D eigenvalue weighted by Crippen LogP contribution is 2.41. The van der Waals surface area contributed by atoms with Crippen LogP contribution >= 0.6 is 0 Å². The fraction of sp³-hybridized carbons (Fsp3) is 0.219. The molecule has 2 aliphatic rings. The van der Waals surface area contributed by atoms with Gasteiger partial charge in [0.05, 0.1) is 35.5 Å². The second kappa shape index (κ2) is 11.8. The molecular formula is C32H27NO8. The van der Waals surface area contributed by atoms with Crippen molar-refractivity contribution in [3.8, 4) is 0 Å². The van der Waals surface area contributed by atoms with Gasteiger partial charge in [0.2, 0.25) is 0 Å². The van der Waals surface area contributed by atoms with Crippen LogP contribution in [0, 0.1) is 0 Å². The standard InChI is InChI=1S/C32H27NO8/c34-30(21-11-4-1-5-12-21)38-27-20-33-24(25-17-10-18-37-25)19-26(41-33)28(39-31(35)22-13-6-2-7-14-22)29(27)40-32(36)23-15-8-3-9-16-23/h1-18,24,26-29H,19-20H2/t24-,26-,27-,28+,29+/m0/s1. The lowest BCUT2D eigenvalue weighted by Gasteiger charge is -2.34. The molecule has 1 aromatic heterocycles. The summed E-state index contributed by atoms with van der Waals surface area (Å²) in [7, 11) is 0. The molecule has 6 atom stereocenters. The van der Waals surface area contributed by atoms with Gasteiger partial charge in [-0.15, -0.1) is 0 Å². The fourth-order valence-electron chi connectivity index (χ4n) is 5.14. The van der Waals surface area contributed by atoms with E-state index in [0.717, 1.165) is 0 Å². The van der Waals surface area contributed by atoms with Gasteiger partial charge in [0.1, 0.15) is 11.9 Å². The van der Waals surface area contributed by atoms with E-state index in [2.05, 4.69) is 0 Å². The Morgan fingerprint density at radius 3 is 1.66 bits per heavy atom. The zero-order valence-electron chi connectivity index (χ0n) is 21.9. The number of hydroxylamine groups is 2. The SMILES string of the molecule is O=C(O[C@H]1[C@H](OC(=O)c2ccccc2)[C@@H]2C[C@@H](c3ccco3)N(C[C@@H]1OC(=O)c1ccccc1)O2)c1ccccc1. The first kappa shape index (κ1) is 26.5. The molecule has 4 aromatic rings. The minimum atomic E-state index is -1.17. The Morgan fingerprint density at radius 2 is 1.15 bits per heavy atom. The van der Waals surface area contributed by atoms with Gasteiger partial charge in [0.15, 0.2) is 18.3 Å². The Hall–Kier alpha value is -4.73. The molecule has 3 heterocycles. The maximum absolute atomic E-state index is 13.3. The van der Waals surface area contributed by atoms with Crippen LogP contribution in [0.3, 0.4) is 0 Å². The van der Waals surface area contributed by atoms with Crippen LogP contribution in [0.1, 0.15) is 49.3 Å². The maximum atomic E-state index is 13.3. The molecule has 9 heteroatoms. The molecule has 9 nitrogen and oxygen atoms in total. The third kappa shape index (κ3) is 5.77. The molecule has 0 amide bonds. The summed E-state index contributed by atoms with van der Waals surface area (Å²) < 4.78 is 23.7. The lowest BCUT2D eigenvalue weighted by atomic mass is 9.94. The number of hydrogen-bond acceptors (Lipinski definition) is 9. The summed E-state index contributed by atoms with van der Waals surface area (Å²) in [6, 6.07) is 28.7. The number of fused-ring (bicyclic) bond motifs is 2. The molecule has 0 aliphatic carbocycles. The first-order valence-electron chi connectivity index (χ1n) is 13.3. The Kier molecular flexibility index (Phi) is 7.62. The Balaban J connectivity index is 1.37. The molecular weight excluding hydrogens is 526 g/mol. The van der Waals surface area contributed by atoms with E-state index >= 15 is 0 Å². The zero-order chi connectivity index (χ0) is 28.2. The second-order valence-corrected chi connectivity index (χ2v) is 9.79. The lowest BCUT2D eigenvalue weighted by molar-refractivity contribution is -0.180. The molecule has 2 saturated heterocycles. The molecule has 2 bridgehead atoms. The monoisotopic (exact) mass is 553 g/mol. The van der Waals surface area contributed by atoms with Gasteiger partial charge in [0, 0.05) is 6.42 Å². The van der Waals surface area contributed by atoms with Crippen molar-refractivity contribution in [3.05, 3.63) is 132 Å². The largest absolute Gasteiger partial charge is 0.468 e. The number of ether oxygens (including phenoxy) is 3. The molecule has 208 valence electrons. The van der Waals surface area contributed by atoms with Crippen LogP contribution in [-0.2, 0) is 19.0 Å². The molecule has 6 rings (SSSR count). The molecule has 41 heavy (non-hydrogen) atoms. The van der Waals surface area contributed by atoms with E-state index in [1.165, 1.54) is 0 Å². The summed E-state index contributed by atoms with van der Waals surface area (Å²) >= 11 is 0. The number of carbonyl (C=O) groups excluding carboxylic acids is 3. The lowest BCUT2D eigenvalue weighted by Crippen LogP contribution is -2.51. The van der Waals surface area contributed by atoms with Crippen LogP contribution in [0.15, 0.2) is 114 Å². The van der Waals surface area contributed by atoms with Gasteiger partial charge >= 0.3 is 17.9 Å². The first-order chi connectivity index (χ1) is 20.1. The highest BCUT2D eigenvalue weighted by molar-refractivity contribution is 5.91. The van der Waals surface area contributed by atoms with Gasteiger partial charge in [-0.05, 0) is 48.5 Å². The molecule has 2 aliphatic heterocycles. The highest BCUT2D eigenvalue weighted by atomic mass is 16.7. The van der Waals surface area contributed by atoms with E-state index < -0.39 is 42.3 Å². The average Bonchev–Trinajstić information content (AvgIpc) is 3.67. The number of esters is 3. The van der Waals surface area contributed by atoms with E-state index in [1.54, 1.807) is 108 Å². The quantitative estimate of drug-likeness (QED) is 0.231. The van der Waals surface area contributed by atoms with Gasteiger partial charge in [-0.3, -0.25) is 4.84 Å². The van der Waals surface area contributed by atoms with Gasteiger partial charge in [0.25, 0.3) is 0 Å². The molecule has 2 fully saturated rings. The first-order valence-corrected chi connectivity index (χ1v) is 13.3. The molecule has 0 saturated carbocycles. The molecule has 1 unspecified atom stereocenters. The average molecular weight is 554 g/mol. The predicted octanol–water partition coefficient (Wildman–Crippen LogP) is 5.02. The van der Waals surface area contributed by atoms with Crippen molar-refractivity contribution < 1.29 is 37.8 Å². The predicted molar refractivity (Wildman–Crippen MR) is 145 cm³/mol. The van der Waals surface area contributed by atoms with Crippen molar-refractivity contribution in [2.45, 2.75) is 36.9 Å². The normalized spacial score (nSPS) is 25.1. The van der Waals surface area contributed by atoms with Crippen LogP contribution in [0.25, 0.3) is 0 Å². The van der Waals surface area contributed by atoms with Gasteiger partial charge in [-0.1, -0.05) is 54.6 Å². The van der Waals surface area contributed by atoms with Crippen LogP contribution < -0.4 is 0 Å². The zero-order valence-corrected chi connectivity index (χ0v) is 21.9. The van der Waals surface area contributed by atoms with E-state index in [0.29, 0.717) is 28.9 Å². The summed E-state index contributed by atoms with van der Waals surface area (Å²) in [6.45, 7) is 0.0343. The van der Waals surface area contributed by atoms with E-state index in [-0.39, 0.29) is 12.6 Å². The van der Waals surface area contributed by atoms with Crippen molar-refractivity contribution in [2.75, 3.05) is 6.54 Å². The minimum Gasteiger partial charge on any atom is -0.468 e. The molecule has 0 N–H and O–H groups in total. The van der Waals surface area contributed by atoms with Crippen molar-refractivity contribution in [1.29, 1.82) is 0 Å². The smallest absolute Gasteiger partial charge is 0.338 e. The number of hydrogen-bond donors (Lipinski definition) is 0. The van der Waals surface area contributed by atoms with Gasteiger partial charge in [-0.2, -0.15) is 5.06 Å². The van der Waals surface area contributed by atoms with Crippen LogP contribution in [0.5, 0.6) is 0 Å². The third-order valence-electron chi connectivity index (χ3n) is 7.14. The number of nitrogens with zero attached hydrogens (tertiary/aromatic N) is 1. The maximum Gasteiger partial charge on any atom is 0.338 e. The summed E-state index contributed by atoms with van der Waals surface area (Å²) in [5.74, 6) is -1.23. The Morgan fingerprint density at radius 1 is 0.634 bits per heavy atom. The molecule has 3 aromatic carbocycles. The van der Waals surface area contributed by atoms with Crippen LogP contribution in [-0.4, -0.2) is 53.9 Å². The van der Waals surface area contributed by atoms with Crippen LogP contribution in [0.2, 0.25) is 0 Å². The van der Waals surface area contributed by atoms with Crippen molar-refractivity contribution in [3.63, 3.8) is 0 Å². The summed E-state index contributed by atoms with van der Waals surface area (Å²) in [5, 5.41) is 1.64.